The fourth-order valence-electron chi connectivity index (χ4n) is 3.40. The predicted octanol–water partition coefficient (Wildman–Crippen LogP) is 2.68. The van der Waals surface area contributed by atoms with E-state index >= 15 is 0 Å². The molecule has 2 aliphatic heterocycles. The molecule has 0 aliphatic carbocycles. The standard InChI is InChI=1S/C15H17N3OS/c1-8-2-4-12-13(6-8)20-15(17-12)18-14(19)10-7-9-3-5-11(10)16-9/h2,4,6,9-11,16H,3,5,7H2,1H3,(H,17,18,19). The van der Waals surface area contributed by atoms with Crippen LogP contribution in [0.25, 0.3) is 10.2 Å². The Hall–Kier alpha value is -1.46. The van der Waals surface area contributed by atoms with Crippen molar-refractivity contribution in [3.05, 3.63) is 23.8 Å². The highest BCUT2D eigenvalue weighted by atomic mass is 32.1. The molecule has 5 heteroatoms. The van der Waals surface area contributed by atoms with E-state index in [1.54, 1.807) is 11.3 Å². The third-order valence-electron chi connectivity index (χ3n) is 4.41. The second-order valence-electron chi connectivity index (χ2n) is 5.87. The number of thiazole rings is 1. The summed E-state index contributed by atoms with van der Waals surface area (Å²) in [4.78, 5) is 16.9. The number of nitrogens with zero attached hydrogens (tertiary/aromatic N) is 1. The Morgan fingerprint density at radius 1 is 1.45 bits per heavy atom. The summed E-state index contributed by atoms with van der Waals surface area (Å²) in [5.41, 5.74) is 2.18. The van der Waals surface area contributed by atoms with Gasteiger partial charge in [0.1, 0.15) is 0 Å². The fraction of sp³-hybridized carbons (Fsp3) is 0.467. The zero-order chi connectivity index (χ0) is 13.7. The highest BCUT2D eigenvalue weighted by molar-refractivity contribution is 7.22. The maximum Gasteiger partial charge on any atom is 0.230 e. The molecular formula is C15H17N3OS. The molecule has 1 aromatic heterocycles. The van der Waals surface area contributed by atoms with Crippen LogP contribution in [-0.4, -0.2) is 23.0 Å². The SMILES string of the molecule is Cc1ccc2nc(NC(=O)C3CC4CCC3N4)sc2c1. The Morgan fingerprint density at radius 3 is 3.10 bits per heavy atom. The van der Waals surface area contributed by atoms with Crippen molar-refractivity contribution in [3.63, 3.8) is 0 Å². The van der Waals surface area contributed by atoms with Gasteiger partial charge in [0.25, 0.3) is 0 Å². The number of nitrogens with one attached hydrogen (secondary N) is 2. The second kappa shape index (κ2) is 4.53. The van der Waals surface area contributed by atoms with Crippen molar-refractivity contribution >= 4 is 32.6 Å². The summed E-state index contributed by atoms with van der Waals surface area (Å²) in [6, 6.07) is 7.09. The monoisotopic (exact) mass is 287 g/mol. The quantitative estimate of drug-likeness (QED) is 0.893. The molecule has 0 spiro atoms. The molecule has 104 valence electrons. The summed E-state index contributed by atoms with van der Waals surface area (Å²) in [6.45, 7) is 2.07. The zero-order valence-corrected chi connectivity index (χ0v) is 12.2. The molecule has 2 aliphatic rings. The Morgan fingerprint density at radius 2 is 2.35 bits per heavy atom. The van der Waals surface area contributed by atoms with Gasteiger partial charge in [-0.2, -0.15) is 0 Å². The third-order valence-corrected chi connectivity index (χ3v) is 5.34. The number of amides is 1. The first-order chi connectivity index (χ1) is 9.69. The molecule has 3 atom stereocenters. The summed E-state index contributed by atoms with van der Waals surface area (Å²) in [7, 11) is 0. The van der Waals surface area contributed by atoms with E-state index < -0.39 is 0 Å². The normalized spacial score (nSPS) is 28.1. The lowest BCUT2D eigenvalue weighted by molar-refractivity contribution is -0.120. The van der Waals surface area contributed by atoms with Gasteiger partial charge in [-0.05, 0) is 43.9 Å². The van der Waals surface area contributed by atoms with Crippen LogP contribution in [0.4, 0.5) is 5.13 Å². The van der Waals surface area contributed by atoms with Gasteiger partial charge in [0.2, 0.25) is 5.91 Å². The van der Waals surface area contributed by atoms with Gasteiger partial charge in [-0.15, -0.1) is 0 Å². The van der Waals surface area contributed by atoms with Crippen LogP contribution in [0.1, 0.15) is 24.8 Å². The van der Waals surface area contributed by atoms with Crippen LogP contribution in [-0.2, 0) is 4.79 Å². The van der Waals surface area contributed by atoms with Crippen LogP contribution < -0.4 is 10.6 Å². The topological polar surface area (TPSA) is 54.0 Å². The number of hydrogen-bond donors (Lipinski definition) is 2. The van der Waals surface area contributed by atoms with Crippen LogP contribution in [0.15, 0.2) is 18.2 Å². The van der Waals surface area contributed by atoms with E-state index in [-0.39, 0.29) is 11.8 Å². The number of benzene rings is 1. The summed E-state index contributed by atoms with van der Waals surface area (Å²) < 4.78 is 1.13. The van der Waals surface area contributed by atoms with E-state index in [2.05, 4.69) is 28.6 Å². The molecule has 2 saturated heterocycles. The van der Waals surface area contributed by atoms with Gasteiger partial charge >= 0.3 is 0 Å². The van der Waals surface area contributed by atoms with Gasteiger partial charge in [-0.1, -0.05) is 17.4 Å². The Bertz CT molecular complexity index is 681. The highest BCUT2D eigenvalue weighted by Crippen LogP contribution is 2.34. The van der Waals surface area contributed by atoms with Crippen LogP contribution in [0.5, 0.6) is 0 Å². The van der Waals surface area contributed by atoms with E-state index in [4.69, 9.17) is 0 Å². The van der Waals surface area contributed by atoms with Crippen molar-refractivity contribution in [3.8, 4) is 0 Å². The first-order valence-electron chi connectivity index (χ1n) is 7.13. The molecule has 4 nitrogen and oxygen atoms in total. The smallest absolute Gasteiger partial charge is 0.230 e. The van der Waals surface area contributed by atoms with Gasteiger partial charge in [0.15, 0.2) is 5.13 Å². The fourth-order valence-corrected chi connectivity index (χ4v) is 4.36. The predicted molar refractivity (Wildman–Crippen MR) is 81.0 cm³/mol. The van der Waals surface area contributed by atoms with Gasteiger partial charge in [0.05, 0.1) is 16.1 Å². The lowest BCUT2D eigenvalue weighted by Gasteiger charge is -2.18. The minimum Gasteiger partial charge on any atom is -0.310 e. The van der Waals surface area contributed by atoms with E-state index in [1.165, 1.54) is 12.0 Å². The van der Waals surface area contributed by atoms with E-state index in [0.29, 0.717) is 12.1 Å². The van der Waals surface area contributed by atoms with Crippen molar-refractivity contribution in [2.75, 3.05) is 5.32 Å². The molecule has 2 aromatic rings. The van der Waals surface area contributed by atoms with Gasteiger partial charge in [0, 0.05) is 12.1 Å². The van der Waals surface area contributed by atoms with E-state index in [9.17, 15) is 4.79 Å². The summed E-state index contributed by atoms with van der Waals surface area (Å²) in [6.07, 6.45) is 3.32. The number of aryl methyl sites for hydroxylation is 1. The van der Waals surface area contributed by atoms with Crippen LogP contribution in [0, 0.1) is 12.8 Å². The van der Waals surface area contributed by atoms with Crippen LogP contribution >= 0.6 is 11.3 Å². The van der Waals surface area contributed by atoms with E-state index in [0.717, 1.165) is 28.2 Å². The number of anilines is 1. The van der Waals surface area contributed by atoms with Crippen molar-refractivity contribution in [1.29, 1.82) is 0 Å². The average Bonchev–Trinajstić information content (AvgIpc) is 3.11. The zero-order valence-electron chi connectivity index (χ0n) is 11.3. The number of hydrogen-bond acceptors (Lipinski definition) is 4. The van der Waals surface area contributed by atoms with Crippen molar-refractivity contribution in [2.24, 2.45) is 5.92 Å². The molecule has 1 amide bonds. The molecule has 2 bridgehead atoms. The van der Waals surface area contributed by atoms with Crippen LogP contribution in [0.3, 0.4) is 0 Å². The molecule has 3 unspecified atom stereocenters. The number of aromatic nitrogens is 1. The molecule has 1 aromatic carbocycles. The van der Waals surface area contributed by atoms with Gasteiger partial charge in [-0.25, -0.2) is 4.98 Å². The molecular weight excluding hydrogens is 270 g/mol. The van der Waals surface area contributed by atoms with Crippen molar-refractivity contribution < 1.29 is 4.79 Å². The first kappa shape index (κ1) is 12.3. The Labute approximate surface area is 121 Å². The maximum absolute atomic E-state index is 12.4. The first-order valence-corrected chi connectivity index (χ1v) is 7.95. The average molecular weight is 287 g/mol. The molecule has 4 rings (SSSR count). The molecule has 2 fully saturated rings. The number of fused-ring (bicyclic) bond motifs is 3. The number of carbonyl (C=O) groups is 1. The second-order valence-corrected chi connectivity index (χ2v) is 6.90. The summed E-state index contributed by atoms with van der Waals surface area (Å²) >= 11 is 1.56. The largest absolute Gasteiger partial charge is 0.310 e. The molecule has 20 heavy (non-hydrogen) atoms. The molecule has 0 radical (unpaired) electrons. The minimum absolute atomic E-state index is 0.113. The Kier molecular flexibility index (Phi) is 2.79. The lowest BCUT2D eigenvalue weighted by atomic mass is 9.88. The maximum atomic E-state index is 12.4. The third kappa shape index (κ3) is 2.01. The van der Waals surface area contributed by atoms with Crippen molar-refractivity contribution in [1.82, 2.24) is 10.3 Å². The summed E-state index contributed by atoms with van der Waals surface area (Å²) in [5.74, 6) is 0.239. The number of carbonyl (C=O) groups excluding carboxylic acids is 1. The van der Waals surface area contributed by atoms with Gasteiger partial charge < -0.3 is 10.6 Å². The Balaban J connectivity index is 1.53. The van der Waals surface area contributed by atoms with Crippen molar-refractivity contribution in [2.45, 2.75) is 38.3 Å². The number of rotatable bonds is 2. The highest BCUT2D eigenvalue weighted by Gasteiger charge is 2.42. The molecule has 2 N–H and O–H groups in total. The molecule has 3 heterocycles. The van der Waals surface area contributed by atoms with Gasteiger partial charge in [-0.3, -0.25) is 4.79 Å². The summed E-state index contributed by atoms with van der Waals surface area (Å²) in [5, 5.41) is 7.23. The minimum atomic E-state index is 0.113. The lowest BCUT2D eigenvalue weighted by Crippen LogP contribution is -2.32. The van der Waals surface area contributed by atoms with Crippen LogP contribution in [0.2, 0.25) is 0 Å². The van der Waals surface area contributed by atoms with E-state index in [1.807, 2.05) is 12.1 Å². The molecule has 0 saturated carbocycles.